The molecule has 0 saturated heterocycles. The molecule has 26 heavy (non-hydrogen) atoms. The zero-order chi connectivity index (χ0) is 18.4. The maximum Gasteiger partial charge on any atom is 0.256 e. The number of hydrogen-bond acceptors (Lipinski definition) is 4. The van der Waals surface area contributed by atoms with E-state index in [-0.39, 0.29) is 17.4 Å². The second-order valence-corrected chi connectivity index (χ2v) is 6.66. The van der Waals surface area contributed by atoms with Crippen LogP contribution in [0.3, 0.4) is 0 Å². The van der Waals surface area contributed by atoms with Crippen molar-refractivity contribution in [1.82, 2.24) is 20.1 Å². The van der Waals surface area contributed by atoms with Crippen LogP contribution in [-0.4, -0.2) is 27.2 Å². The Labute approximate surface area is 150 Å². The third-order valence-corrected chi connectivity index (χ3v) is 4.80. The van der Waals surface area contributed by atoms with Gasteiger partial charge in [0.05, 0.1) is 22.3 Å². The number of nitrogens with one attached hydrogen (secondary N) is 2. The van der Waals surface area contributed by atoms with Gasteiger partial charge in [-0.2, -0.15) is 5.10 Å². The Bertz CT molecular complexity index is 1040. The minimum atomic E-state index is -0.357. The van der Waals surface area contributed by atoms with Crippen LogP contribution in [0, 0.1) is 19.7 Å². The summed E-state index contributed by atoms with van der Waals surface area (Å²) in [6.07, 6.45) is 0.616. The molecule has 6 nitrogen and oxygen atoms in total. The third kappa shape index (κ3) is 2.64. The van der Waals surface area contributed by atoms with E-state index < -0.39 is 0 Å². The average molecular weight is 353 g/mol. The summed E-state index contributed by atoms with van der Waals surface area (Å²) in [6, 6.07) is 5.20. The molecule has 3 heterocycles. The zero-order valence-corrected chi connectivity index (χ0v) is 15.0. The molecule has 0 unspecified atom stereocenters. The second-order valence-electron chi connectivity index (χ2n) is 6.66. The van der Waals surface area contributed by atoms with Crippen LogP contribution in [-0.2, 0) is 20.0 Å². The summed E-state index contributed by atoms with van der Waals surface area (Å²) >= 11 is 0. The Morgan fingerprint density at radius 2 is 2.15 bits per heavy atom. The third-order valence-electron chi connectivity index (χ3n) is 4.80. The number of amides is 1. The minimum absolute atomic E-state index is 0.208. The Morgan fingerprint density at radius 1 is 1.35 bits per heavy atom. The van der Waals surface area contributed by atoms with Gasteiger partial charge in [-0.25, -0.2) is 9.37 Å². The zero-order valence-electron chi connectivity index (χ0n) is 15.0. The number of carbonyl (C=O) groups is 1. The van der Waals surface area contributed by atoms with E-state index in [1.165, 1.54) is 0 Å². The summed E-state index contributed by atoms with van der Waals surface area (Å²) in [5.74, 6) is -0.702. The number of benzene rings is 1. The lowest BCUT2D eigenvalue weighted by atomic mass is 9.99. The maximum atomic E-state index is 14.8. The minimum Gasteiger partial charge on any atom is -0.319 e. The maximum absolute atomic E-state index is 14.8. The van der Waals surface area contributed by atoms with Crippen molar-refractivity contribution < 1.29 is 9.18 Å². The van der Waals surface area contributed by atoms with Crippen molar-refractivity contribution in [1.29, 1.82) is 0 Å². The van der Waals surface area contributed by atoms with Crippen molar-refractivity contribution in [3.63, 3.8) is 0 Å². The molecule has 4 rings (SSSR count). The van der Waals surface area contributed by atoms with Crippen LogP contribution in [0.4, 0.5) is 10.1 Å². The number of anilines is 1. The van der Waals surface area contributed by atoms with Crippen LogP contribution in [0.2, 0.25) is 0 Å². The molecule has 2 N–H and O–H groups in total. The van der Waals surface area contributed by atoms with Gasteiger partial charge in [-0.15, -0.1) is 0 Å². The van der Waals surface area contributed by atoms with Gasteiger partial charge in [-0.3, -0.25) is 9.48 Å². The van der Waals surface area contributed by atoms with Crippen molar-refractivity contribution in [2.45, 2.75) is 26.8 Å². The van der Waals surface area contributed by atoms with Gasteiger partial charge in [0.1, 0.15) is 5.82 Å². The lowest BCUT2D eigenvalue weighted by Crippen LogP contribution is -2.25. The molecule has 0 radical (unpaired) electrons. The van der Waals surface area contributed by atoms with E-state index in [0.29, 0.717) is 40.8 Å². The first-order chi connectivity index (χ1) is 12.5. The van der Waals surface area contributed by atoms with Crippen LogP contribution in [0.25, 0.3) is 11.0 Å². The molecule has 0 atom stereocenters. The van der Waals surface area contributed by atoms with Gasteiger partial charge in [0.15, 0.2) is 5.65 Å². The Kier molecular flexibility index (Phi) is 3.96. The molecule has 1 aliphatic heterocycles. The number of nitrogens with zero attached hydrogens (tertiary/aromatic N) is 3. The molecule has 1 aromatic carbocycles. The molecule has 1 amide bonds. The summed E-state index contributed by atoms with van der Waals surface area (Å²) in [5.41, 5.74) is 4.35. The number of halogens is 1. The van der Waals surface area contributed by atoms with E-state index in [1.807, 2.05) is 19.9 Å². The SMILES string of the molecule is Cc1cc(C(=O)Nc2ccc3c(c2F)CCNC3)c2c(C)nn(C)c2n1. The summed E-state index contributed by atoms with van der Waals surface area (Å²) in [7, 11) is 1.79. The van der Waals surface area contributed by atoms with Crippen molar-refractivity contribution in [3.05, 3.63) is 52.1 Å². The molecule has 1 aliphatic rings. The molecular weight excluding hydrogens is 333 g/mol. The molecule has 0 saturated carbocycles. The van der Waals surface area contributed by atoms with Crippen molar-refractivity contribution in [2.24, 2.45) is 7.05 Å². The highest BCUT2D eigenvalue weighted by atomic mass is 19.1. The number of rotatable bonds is 2. The van der Waals surface area contributed by atoms with Crippen LogP contribution < -0.4 is 10.6 Å². The lowest BCUT2D eigenvalue weighted by molar-refractivity contribution is 0.102. The van der Waals surface area contributed by atoms with E-state index in [9.17, 15) is 9.18 Å². The average Bonchev–Trinajstić information content (AvgIpc) is 2.91. The number of aromatic nitrogens is 3. The quantitative estimate of drug-likeness (QED) is 0.743. The topological polar surface area (TPSA) is 71.8 Å². The lowest BCUT2D eigenvalue weighted by Gasteiger charge is -2.19. The van der Waals surface area contributed by atoms with E-state index in [0.717, 1.165) is 17.8 Å². The molecule has 3 aromatic rings. The van der Waals surface area contributed by atoms with Crippen molar-refractivity contribution in [2.75, 3.05) is 11.9 Å². The largest absolute Gasteiger partial charge is 0.319 e. The summed E-state index contributed by atoms with van der Waals surface area (Å²) in [5, 5.41) is 11.0. The van der Waals surface area contributed by atoms with Gasteiger partial charge in [-0.05, 0) is 50.1 Å². The van der Waals surface area contributed by atoms with Gasteiger partial charge in [-0.1, -0.05) is 6.07 Å². The van der Waals surface area contributed by atoms with Gasteiger partial charge in [0.2, 0.25) is 0 Å². The predicted octanol–water partition coefficient (Wildman–Crippen LogP) is 2.62. The van der Waals surface area contributed by atoms with Crippen LogP contribution >= 0.6 is 0 Å². The first kappa shape index (κ1) is 16.7. The molecule has 0 fully saturated rings. The summed E-state index contributed by atoms with van der Waals surface area (Å²) in [4.78, 5) is 17.4. The van der Waals surface area contributed by atoms with Crippen LogP contribution in [0.5, 0.6) is 0 Å². The molecule has 0 bridgehead atoms. The molecule has 0 spiro atoms. The number of hydrogen-bond donors (Lipinski definition) is 2. The van der Waals surface area contributed by atoms with Crippen LogP contribution in [0.1, 0.15) is 32.9 Å². The number of carbonyl (C=O) groups excluding carboxylic acids is 1. The first-order valence-corrected chi connectivity index (χ1v) is 8.59. The molecule has 2 aromatic heterocycles. The van der Waals surface area contributed by atoms with E-state index in [2.05, 4.69) is 20.7 Å². The van der Waals surface area contributed by atoms with Gasteiger partial charge in [0, 0.05) is 19.3 Å². The van der Waals surface area contributed by atoms with E-state index in [4.69, 9.17) is 0 Å². The smallest absolute Gasteiger partial charge is 0.256 e. The number of aryl methyl sites for hydroxylation is 3. The first-order valence-electron chi connectivity index (χ1n) is 8.59. The fourth-order valence-corrected chi connectivity index (χ4v) is 3.57. The van der Waals surface area contributed by atoms with Gasteiger partial charge >= 0.3 is 0 Å². The Balaban J connectivity index is 1.75. The fraction of sp³-hybridized carbons (Fsp3) is 0.316. The Hall–Kier alpha value is -2.80. The van der Waals surface area contributed by atoms with Gasteiger partial charge < -0.3 is 10.6 Å². The summed E-state index contributed by atoms with van der Waals surface area (Å²) in [6.45, 7) is 5.05. The molecule has 0 aliphatic carbocycles. The highest BCUT2D eigenvalue weighted by molar-refractivity contribution is 6.12. The molecular formula is C19H20FN5O. The standard InChI is InChI=1S/C19H20FN5O/c1-10-8-14(16-11(2)24-25(3)18(16)22-10)19(26)23-15-5-4-12-9-21-7-6-13(12)17(15)20/h4-5,8,21H,6-7,9H2,1-3H3,(H,23,26). The second kappa shape index (κ2) is 6.17. The predicted molar refractivity (Wildman–Crippen MR) is 97.7 cm³/mol. The van der Waals surface area contributed by atoms with Gasteiger partial charge in [0.25, 0.3) is 5.91 Å². The highest BCUT2D eigenvalue weighted by Crippen LogP contribution is 2.27. The van der Waals surface area contributed by atoms with Crippen molar-refractivity contribution >= 4 is 22.6 Å². The molecule has 134 valence electrons. The number of fused-ring (bicyclic) bond motifs is 2. The van der Waals surface area contributed by atoms with E-state index in [1.54, 1.807) is 23.9 Å². The van der Waals surface area contributed by atoms with Crippen LogP contribution in [0.15, 0.2) is 18.2 Å². The highest BCUT2D eigenvalue weighted by Gasteiger charge is 2.21. The van der Waals surface area contributed by atoms with Crippen molar-refractivity contribution in [3.8, 4) is 0 Å². The number of pyridine rings is 1. The Morgan fingerprint density at radius 3 is 2.96 bits per heavy atom. The van der Waals surface area contributed by atoms with E-state index >= 15 is 0 Å². The normalized spacial score (nSPS) is 13.7. The summed E-state index contributed by atoms with van der Waals surface area (Å²) < 4.78 is 16.5. The fourth-order valence-electron chi connectivity index (χ4n) is 3.57. The molecule has 7 heteroatoms. The monoisotopic (exact) mass is 353 g/mol.